The lowest BCUT2D eigenvalue weighted by atomic mass is 9.91. The van der Waals surface area contributed by atoms with E-state index in [9.17, 15) is 4.79 Å². The van der Waals surface area contributed by atoms with E-state index in [-0.39, 0.29) is 36.3 Å². The van der Waals surface area contributed by atoms with E-state index in [0.29, 0.717) is 22.3 Å². The van der Waals surface area contributed by atoms with Crippen molar-refractivity contribution in [3.8, 4) is 11.6 Å². The topological polar surface area (TPSA) is 92.3 Å². The van der Waals surface area contributed by atoms with Crippen molar-refractivity contribution in [1.82, 2.24) is 20.3 Å². The van der Waals surface area contributed by atoms with Gasteiger partial charge in [-0.1, -0.05) is 11.6 Å². The lowest BCUT2D eigenvalue weighted by Gasteiger charge is -2.30. The highest BCUT2D eigenvalue weighted by Gasteiger charge is 2.25. The number of hydrogen-bond acceptors (Lipinski definition) is 7. The number of pyridine rings is 1. The van der Waals surface area contributed by atoms with Crippen LogP contribution in [-0.2, 0) is 0 Å². The highest BCUT2D eigenvalue weighted by atomic mass is 35.5. The molecule has 0 spiro atoms. The number of aryl methyl sites for hydroxylation is 1. The standard InChI is InChI=1S/C25H29ClN6O2.ClH/c1-16-15-28-25(31-22(16)32(2)3)30-19-10-8-18(9-11-19)29-23(33)21-5-4-14-27-24(21)34-20-12-6-17(26)7-13-20;/h4-7,12-15,18-19H,8-11H2,1-3H3,(H,29,33)(H,28,30,31);1H. The molecule has 1 aromatic carbocycles. The van der Waals surface area contributed by atoms with Crippen molar-refractivity contribution < 1.29 is 9.53 Å². The first kappa shape index (κ1) is 26.5. The number of carbonyl (C=O) groups excluding carboxylic acids is 1. The Bertz CT molecular complexity index is 1140. The zero-order chi connectivity index (χ0) is 24.1. The third-order valence-corrected chi connectivity index (χ3v) is 6.06. The van der Waals surface area contributed by atoms with Gasteiger partial charge < -0.3 is 20.3 Å². The van der Waals surface area contributed by atoms with Gasteiger partial charge in [-0.15, -0.1) is 12.4 Å². The third kappa shape index (κ3) is 6.96. The lowest BCUT2D eigenvalue weighted by Crippen LogP contribution is -2.40. The molecule has 0 atom stereocenters. The molecular weight excluding hydrogens is 487 g/mol. The van der Waals surface area contributed by atoms with Crippen LogP contribution in [0.4, 0.5) is 11.8 Å². The maximum atomic E-state index is 13.0. The average molecular weight is 517 g/mol. The Labute approximate surface area is 216 Å². The number of aromatic nitrogens is 3. The first-order valence-electron chi connectivity index (χ1n) is 11.4. The molecule has 1 fully saturated rings. The number of ether oxygens (including phenoxy) is 1. The lowest BCUT2D eigenvalue weighted by molar-refractivity contribution is 0.0923. The molecular formula is C25H30Cl2N6O2. The van der Waals surface area contributed by atoms with E-state index >= 15 is 0 Å². The average Bonchev–Trinajstić information content (AvgIpc) is 2.83. The maximum absolute atomic E-state index is 13.0. The van der Waals surface area contributed by atoms with Gasteiger partial charge in [-0.3, -0.25) is 4.79 Å². The van der Waals surface area contributed by atoms with Crippen molar-refractivity contribution in [3.63, 3.8) is 0 Å². The summed E-state index contributed by atoms with van der Waals surface area (Å²) in [4.78, 5) is 28.3. The minimum absolute atomic E-state index is 0. The number of rotatable bonds is 7. The van der Waals surface area contributed by atoms with E-state index in [4.69, 9.17) is 16.3 Å². The summed E-state index contributed by atoms with van der Waals surface area (Å²) >= 11 is 5.94. The number of benzene rings is 1. The SMILES string of the molecule is Cc1cnc(NC2CCC(NC(=O)c3cccnc3Oc3ccc(Cl)cc3)CC2)nc1N(C)C.Cl. The number of halogens is 2. The second-order valence-electron chi connectivity index (χ2n) is 8.67. The Kier molecular flexibility index (Phi) is 9.12. The van der Waals surface area contributed by atoms with Gasteiger partial charge in [-0.2, -0.15) is 4.98 Å². The molecule has 1 amide bonds. The molecule has 1 saturated carbocycles. The van der Waals surface area contributed by atoms with Crippen LogP contribution < -0.4 is 20.3 Å². The second-order valence-corrected chi connectivity index (χ2v) is 9.11. The minimum atomic E-state index is -0.189. The largest absolute Gasteiger partial charge is 0.438 e. The Morgan fingerprint density at radius 2 is 1.74 bits per heavy atom. The Hall–Kier alpha value is -3.10. The number of nitrogens with zero attached hydrogens (tertiary/aromatic N) is 4. The number of nitrogens with one attached hydrogen (secondary N) is 2. The van der Waals surface area contributed by atoms with Gasteiger partial charge in [0.2, 0.25) is 11.8 Å². The molecule has 186 valence electrons. The van der Waals surface area contributed by atoms with Crippen LogP contribution in [0.3, 0.4) is 0 Å². The van der Waals surface area contributed by atoms with Crippen molar-refractivity contribution in [3.05, 3.63) is 64.9 Å². The zero-order valence-corrected chi connectivity index (χ0v) is 21.6. The summed E-state index contributed by atoms with van der Waals surface area (Å²) in [6, 6.07) is 10.8. The van der Waals surface area contributed by atoms with E-state index < -0.39 is 0 Å². The molecule has 0 unspecified atom stereocenters. The number of amides is 1. The van der Waals surface area contributed by atoms with Crippen LogP contribution in [0.15, 0.2) is 48.8 Å². The van der Waals surface area contributed by atoms with Gasteiger partial charge in [-0.05, 0) is 69.0 Å². The van der Waals surface area contributed by atoms with E-state index in [1.54, 1.807) is 42.6 Å². The van der Waals surface area contributed by atoms with Crippen LogP contribution >= 0.6 is 24.0 Å². The molecule has 0 saturated heterocycles. The van der Waals surface area contributed by atoms with Crippen molar-refractivity contribution in [1.29, 1.82) is 0 Å². The molecule has 35 heavy (non-hydrogen) atoms. The smallest absolute Gasteiger partial charge is 0.257 e. The van der Waals surface area contributed by atoms with Gasteiger partial charge >= 0.3 is 0 Å². The van der Waals surface area contributed by atoms with Crippen molar-refractivity contribution >= 4 is 41.7 Å². The fraction of sp³-hybridized carbons (Fsp3) is 0.360. The highest BCUT2D eigenvalue weighted by molar-refractivity contribution is 6.30. The van der Waals surface area contributed by atoms with Crippen molar-refractivity contribution in [2.24, 2.45) is 0 Å². The monoisotopic (exact) mass is 516 g/mol. The molecule has 1 aliphatic rings. The van der Waals surface area contributed by atoms with Crippen LogP contribution in [0.2, 0.25) is 5.02 Å². The highest BCUT2D eigenvalue weighted by Crippen LogP contribution is 2.26. The molecule has 0 radical (unpaired) electrons. The van der Waals surface area contributed by atoms with Gasteiger partial charge in [0.05, 0.1) is 0 Å². The first-order valence-corrected chi connectivity index (χ1v) is 11.7. The Balaban J connectivity index is 0.00000342. The molecule has 4 rings (SSSR count). The van der Waals surface area contributed by atoms with E-state index in [0.717, 1.165) is 37.1 Å². The minimum Gasteiger partial charge on any atom is -0.438 e. The van der Waals surface area contributed by atoms with Crippen molar-refractivity contribution in [2.75, 3.05) is 24.3 Å². The van der Waals surface area contributed by atoms with Gasteiger partial charge in [0.15, 0.2) is 0 Å². The van der Waals surface area contributed by atoms with Crippen LogP contribution in [0.5, 0.6) is 11.6 Å². The molecule has 0 aliphatic heterocycles. The van der Waals surface area contributed by atoms with Crippen LogP contribution in [-0.4, -0.2) is 47.0 Å². The Morgan fingerprint density at radius 1 is 1.06 bits per heavy atom. The van der Waals surface area contributed by atoms with E-state index in [2.05, 4.69) is 25.6 Å². The first-order chi connectivity index (χ1) is 16.4. The summed E-state index contributed by atoms with van der Waals surface area (Å²) in [7, 11) is 3.95. The normalized spacial score (nSPS) is 17.1. The van der Waals surface area contributed by atoms with E-state index in [1.165, 1.54) is 0 Å². The fourth-order valence-corrected chi connectivity index (χ4v) is 4.17. The molecule has 1 aliphatic carbocycles. The predicted octanol–water partition coefficient (Wildman–Crippen LogP) is 5.27. The molecule has 3 aromatic rings. The summed E-state index contributed by atoms with van der Waals surface area (Å²) in [6.07, 6.45) is 7.01. The van der Waals surface area contributed by atoms with Gasteiger partial charge in [0.25, 0.3) is 5.91 Å². The molecule has 2 heterocycles. The second kappa shape index (κ2) is 12.0. The van der Waals surface area contributed by atoms with Crippen LogP contribution in [0, 0.1) is 6.92 Å². The summed E-state index contributed by atoms with van der Waals surface area (Å²) < 4.78 is 5.84. The van der Waals surface area contributed by atoms with Crippen LogP contribution in [0.1, 0.15) is 41.6 Å². The summed E-state index contributed by atoms with van der Waals surface area (Å²) in [6.45, 7) is 2.00. The molecule has 8 nitrogen and oxygen atoms in total. The summed E-state index contributed by atoms with van der Waals surface area (Å²) in [5.41, 5.74) is 1.44. The van der Waals surface area contributed by atoms with Crippen LogP contribution in [0.25, 0.3) is 0 Å². The molecule has 0 bridgehead atoms. The maximum Gasteiger partial charge on any atom is 0.257 e. The summed E-state index contributed by atoms with van der Waals surface area (Å²) in [5, 5.41) is 7.20. The number of carbonyl (C=O) groups is 1. The Morgan fingerprint density at radius 3 is 2.43 bits per heavy atom. The third-order valence-electron chi connectivity index (χ3n) is 5.81. The molecule has 10 heteroatoms. The number of anilines is 2. The van der Waals surface area contributed by atoms with Crippen molar-refractivity contribution in [2.45, 2.75) is 44.7 Å². The number of hydrogen-bond donors (Lipinski definition) is 2. The van der Waals surface area contributed by atoms with Gasteiger partial charge in [-0.25, -0.2) is 9.97 Å². The predicted molar refractivity (Wildman–Crippen MR) is 141 cm³/mol. The molecule has 2 aromatic heterocycles. The zero-order valence-electron chi connectivity index (χ0n) is 20.0. The quantitative estimate of drug-likeness (QED) is 0.441. The van der Waals surface area contributed by atoms with Gasteiger partial charge in [0, 0.05) is 49.2 Å². The fourth-order valence-electron chi connectivity index (χ4n) is 4.04. The summed E-state index contributed by atoms with van der Waals surface area (Å²) in [5.74, 6) is 2.20. The van der Waals surface area contributed by atoms with Gasteiger partial charge in [0.1, 0.15) is 17.1 Å². The molecule has 2 N–H and O–H groups in total. The van der Waals surface area contributed by atoms with E-state index in [1.807, 2.05) is 32.1 Å².